The second kappa shape index (κ2) is 10.5. The molecule has 31 heavy (non-hydrogen) atoms. The Bertz CT molecular complexity index is 1140. The van der Waals surface area contributed by atoms with Gasteiger partial charge in [0.1, 0.15) is 5.69 Å². The van der Waals surface area contributed by atoms with Gasteiger partial charge in [-0.2, -0.15) is 5.26 Å². The van der Waals surface area contributed by atoms with Crippen molar-refractivity contribution < 1.29 is 14.3 Å². The van der Waals surface area contributed by atoms with Gasteiger partial charge in [-0.15, -0.1) is 0 Å². The lowest BCUT2D eigenvalue weighted by atomic mass is 9.94. The molecule has 0 aliphatic carbocycles. The molecule has 0 spiro atoms. The summed E-state index contributed by atoms with van der Waals surface area (Å²) in [4.78, 5) is 52.6. The molecular weight excluding hydrogens is 398 g/mol. The molecule has 1 heterocycles. The van der Waals surface area contributed by atoms with Crippen LogP contribution in [0.5, 0.6) is 0 Å². The van der Waals surface area contributed by atoms with Crippen LogP contribution < -0.4 is 11.2 Å². The predicted molar refractivity (Wildman–Crippen MR) is 115 cm³/mol. The maximum Gasteiger partial charge on any atom is 0.328 e. The van der Waals surface area contributed by atoms with Gasteiger partial charge in [-0.05, 0) is 49.4 Å². The van der Waals surface area contributed by atoms with Crippen LogP contribution in [-0.4, -0.2) is 27.9 Å². The number of aromatic amines is 1. The standard InChI is InChI=1S/C23H27N3O5/c1-5-15-10-16(13-24)12-17(11-15)21(28)20-19(14(3)4)22(29)25-23(30)26(20)9-7-8-18(27)31-6-2/h10-12,14H,5-9H2,1-4H3,(H,25,29,30). The third kappa shape index (κ3) is 5.57. The van der Waals surface area contributed by atoms with Gasteiger partial charge in [0.05, 0.1) is 18.2 Å². The number of hydrogen-bond donors (Lipinski definition) is 1. The SMILES string of the molecule is CCOC(=O)CCCn1c(C(=O)c2cc(C#N)cc(CC)c2)c(C(C)C)c(=O)[nH]c1=O. The van der Waals surface area contributed by atoms with Crippen molar-refractivity contribution in [1.82, 2.24) is 9.55 Å². The molecule has 0 aliphatic rings. The Morgan fingerprint density at radius 3 is 2.48 bits per heavy atom. The number of nitriles is 1. The van der Waals surface area contributed by atoms with Crippen LogP contribution in [0.25, 0.3) is 0 Å². The van der Waals surface area contributed by atoms with E-state index in [0.29, 0.717) is 12.0 Å². The van der Waals surface area contributed by atoms with Crippen LogP contribution in [0.4, 0.5) is 0 Å². The minimum Gasteiger partial charge on any atom is -0.466 e. The Hall–Kier alpha value is -3.47. The van der Waals surface area contributed by atoms with Crippen LogP contribution in [0.15, 0.2) is 27.8 Å². The number of ether oxygens (including phenoxy) is 1. The number of benzene rings is 1. The number of esters is 1. The summed E-state index contributed by atoms with van der Waals surface area (Å²) in [6, 6.07) is 6.87. The maximum atomic E-state index is 13.5. The fourth-order valence-electron chi connectivity index (χ4n) is 3.42. The minimum atomic E-state index is -0.714. The molecule has 0 fully saturated rings. The van der Waals surface area contributed by atoms with Crippen LogP contribution in [0, 0.1) is 11.3 Å². The molecule has 2 rings (SSSR count). The summed E-state index contributed by atoms with van der Waals surface area (Å²) in [6.45, 7) is 7.45. The third-order valence-corrected chi connectivity index (χ3v) is 4.89. The van der Waals surface area contributed by atoms with Crippen molar-refractivity contribution in [2.24, 2.45) is 0 Å². The summed E-state index contributed by atoms with van der Waals surface area (Å²) >= 11 is 0. The number of hydrogen-bond acceptors (Lipinski definition) is 6. The highest BCUT2D eigenvalue weighted by Gasteiger charge is 2.25. The van der Waals surface area contributed by atoms with Gasteiger partial charge in [0.25, 0.3) is 5.56 Å². The van der Waals surface area contributed by atoms with Crippen LogP contribution in [-0.2, 0) is 22.5 Å². The van der Waals surface area contributed by atoms with Crippen molar-refractivity contribution in [3.05, 3.63) is 67.0 Å². The summed E-state index contributed by atoms with van der Waals surface area (Å²) in [5.41, 5.74) is 0.225. The van der Waals surface area contributed by atoms with Crippen molar-refractivity contribution in [2.45, 2.75) is 59.4 Å². The Balaban J connectivity index is 2.62. The molecule has 8 nitrogen and oxygen atoms in total. The van der Waals surface area contributed by atoms with E-state index in [2.05, 4.69) is 4.98 Å². The van der Waals surface area contributed by atoms with E-state index in [0.717, 1.165) is 5.56 Å². The van der Waals surface area contributed by atoms with E-state index in [9.17, 15) is 24.4 Å². The zero-order valence-electron chi connectivity index (χ0n) is 18.3. The number of ketones is 1. The molecule has 164 valence electrons. The predicted octanol–water partition coefficient (Wildman–Crippen LogP) is 2.67. The van der Waals surface area contributed by atoms with E-state index >= 15 is 0 Å². The van der Waals surface area contributed by atoms with Crippen LogP contribution >= 0.6 is 0 Å². The van der Waals surface area contributed by atoms with Gasteiger partial charge < -0.3 is 4.74 Å². The summed E-state index contributed by atoms with van der Waals surface area (Å²) in [6.07, 6.45) is 0.962. The highest BCUT2D eigenvalue weighted by molar-refractivity contribution is 6.09. The second-order valence-electron chi connectivity index (χ2n) is 7.45. The highest BCUT2D eigenvalue weighted by Crippen LogP contribution is 2.20. The lowest BCUT2D eigenvalue weighted by Gasteiger charge is -2.17. The van der Waals surface area contributed by atoms with Crippen molar-refractivity contribution >= 4 is 11.8 Å². The molecule has 0 unspecified atom stereocenters. The van der Waals surface area contributed by atoms with E-state index < -0.39 is 23.0 Å². The first-order valence-electron chi connectivity index (χ1n) is 10.3. The Morgan fingerprint density at radius 1 is 1.19 bits per heavy atom. The molecule has 1 aromatic heterocycles. The third-order valence-electron chi connectivity index (χ3n) is 4.89. The molecule has 0 saturated heterocycles. The summed E-state index contributed by atoms with van der Waals surface area (Å²) in [5, 5.41) is 9.32. The van der Waals surface area contributed by atoms with Gasteiger partial charge in [0.2, 0.25) is 5.78 Å². The second-order valence-corrected chi connectivity index (χ2v) is 7.45. The van der Waals surface area contributed by atoms with Crippen LogP contribution in [0.1, 0.15) is 79.2 Å². The molecule has 0 radical (unpaired) electrons. The van der Waals surface area contributed by atoms with Crippen molar-refractivity contribution in [3.63, 3.8) is 0 Å². The van der Waals surface area contributed by atoms with Gasteiger partial charge in [0, 0.05) is 24.1 Å². The number of carbonyl (C=O) groups excluding carboxylic acids is 2. The minimum absolute atomic E-state index is 0.00949. The molecule has 2 aromatic rings. The zero-order chi connectivity index (χ0) is 23.1. The lowest BCUT2D eigenvalue weighted by Crippen LogP contribution is -2.38. The van der Waals surface area contributed by atoms with E-state index in [1.165, 1.54) is 10.6 Å². The molecule has 0 aliphatic heterocycles. The number of rotatable bonds is 9. The number of nitrogens with one attached hydrogen (secondary N) is 1. The maximum absolute atomic E-state index is 13.5. The van der Waals surface area contributed by atoms with E-state index in [4.69, 9.17) is 4.74 Å². The monoisotopic (exact) mass is 425 g/mol. The summed E-state index contributed by atoms with van der Waals surface area (Å²) in [7, 11) is 0. The summed E-state index contributed by atoms with van der Waals surface area (Å²) < 4.78 is 6.12. The molecule has 1 aromatic carbocycles. The van der Waals surface area contributed by atoms with Crippen LogP contribution in [0.3, 0.4) is 0 Å². The Morgan fingerprint density at radius 2 is 1.90 bits per heavy atom. The molecule has 1 N–H and O–H groups in total. The number of nitrogens with zero attached hydrogens (tertiary/aromatic N) is 2. The largest absolute Gasteiger partial charge is 0.466 e. The van der Waals surface area contributed by atoms with Gasteiger partial charge in [-0.25, -0.2) is 4.79 Å². The van der Waals surface area contributed by atoms with E-state index in [1.807, 2.05) is 13.0 Å². The topological polar surface area (TPSA) is 122 Å². The molecule has 8 heteroatoms. The van der Waals surface area contributed by atoms with Gasteiger partial charge in [-0.1, -0.05) is 20.8 Å². The van der Waals surface area contributed by atoms with E-state index in [1.54, 1.807) is 32.9 Å². The average Bonchev–Trinajstić information content (AvgIpc) is 2.73. The number of aromatic nitrogens is 2. The molecule has 0 bridgehead atoms. The molecule has 0 saturated carbocycles. The quantitative estimate of drug-likeness (QED) is 0.487. The Kier molecular flexibility index (Phi) is 8.08. The zero-order valence-corrected chi connectivity index (χ0v) is 18.3. The molecular formula is C23H27N3O5. The number of aryl methyl sites for hydroxylation is 1. The summed E-state index contributed by atoms with van der Waals surface area (Å²) in [5.74, 6) is -1.23. The molecule has 0 amide bonds. The van der Waals surface area contributed by atoms with Crippen molar-refractivity contribution in [2.75, 3.05) is 6.61 Å². The first kappa shape index (κ1) is 23.8. The first-order chi connectivity index (χ1) is 14.7. The van der Waals surface area contributed by atoms with Gasteiger partial charge in [-0.3, -0.25) is 23.9 Å². The molecule has 0 atom stereocenters. The fraction of sp³-hybridized carbons (Fsp3) is 0.435. The Labute approximate surface area is 180 Å². The number of H-pyrrole nitrogens is 1. The average molecular weight is 425 g/mol. The highest BCUT2D eigenvalue weighted by atomic mass is 16.5. The van der Waals surface area contributed by atoms with Gasteiger partial charge >= 0.3 is 11.7 Å². The van der Waals surface area contributed by atoms with Crippen molar-refractivity contribution in [1.29, 1.82) is 5.26 Å². The van der Waals surface area contributed by atoms with Gasteiger partial charge in [0.15, 0.2) is 0 Å². The van der Waals surface area contributed by atoms with E-state index in [-0.39, 0.29) is 48.7 Å². The fourth-order valence-corrected chi connectivity index (χ4v) is 3.42. The van der Waals surface area contributed by atoms with Crippen LogP contribution in [0.2, 0.25) is 0 Å². The number of carbonyl (C=O) groups is 2. The lowest BCUT2D eigenvalue weighted by molar-refractivity contribution is -0.143. The smallest absolute Gasteiger partial charge is 0.328 e. The first-order valence-corrected chi connectivity index (χ1v) is 10.3. The normalized spacial score (nSPS) is 10.7. The van der Waals surface area contributed by atoms with Crippen molar-refractivity contribution in [3.8, 4) is 6.07 Å².